The van der Waals surface area contributed by atoms with Crippen LogP contribution in [-0.2, 0) is 19.1 Å². The van der Waals surface area contributed by atoms with E-state index >= 15 is 0 Å². The van der Waals surface area contributed by atoms with Crippen LogP contribution in [-0.4, -0.2) is 61.8 Å². The molecule has 2 rings (SSSR count). The number of morpholine rings is 1. The third kappa shape index (κ3) is 5.32. The Morgan fingerprint density at radius 1 is 1.21 bits per heavy atom. The van der Waals surface area contributed by atoms with Crippen molar-refractivity contribution < 1.29 is 19.1 Å². The van der Waals surface area contributed by atoms with Crippen molar-refractivity contribution in [2.75, 3.05) is 37.7 Å². The predicted molar refractivity (Wildman–Crippen MR) is 91.9 cm³/mol. The van der Waals surface area contributed by atoms with Crippen molar-refractivity contribution in [1.82, 2.24) is 4.90 Å². The molecule has 132 valence electrons. The van der Waals surface area contributed by atoms with E-state index in [2.05, 4.69) is 4.90 Å². The van der Waals surface area contributed by atoms with Gasteiger partial charge in [-0.2, -0.15) is 0 Å². The maximum Gasteiger partial charge on any atom is 0.326 e. The van der Waals surface area contributed by atoms with Gasteiger partial charge in [0.05, 0.1) is 25.4 Å². The highest BCUT2D eigenvalue weighted by Gasteiger charge is 2.27. The van der Waals surface area contributed by atoms with Crippen molar-refractivity contribution in [2.24, 2.45) is 0 Å². The van der Waals surface area contributed by atoms with Crippen molar-refractivity contribution in [3.05, 3.63) is 30.3 Å². The number of nitrogens with zero attached hydrogens (tertiary/aromatic N) is 2. The Balaban J connectivity index is 2.08. The Labute approximate surface area is 143 Å². The van der Waals surface area contributed by atoms with Crippen LogP contribution < -0.4 is 4.90 Å². The molecule has 6 heteroatoms. The molecule has 0 spiro atoms. The van der Waals surface area contributed by atoms with Crippen molar-refractivity contribution in [3.8, 4) is 0 Å². The molecule has 1 aliphatic heterocycles. The minimum atomic E-state index is -0.404. The number of amides is 1. The van der Waals surface area contributed by atoms with Crippen LogP contribution in [0.2, 0.25) is 0 Å². The minimum absolute atomic E-state index is 0.0772. The van der Waals surface area contributed by atoms with Crippen LogP contribution in [0, 0.1) is 0 Å². The van der Waals surface area contributed by atoms with Crippen LogP contribution in [0.15, 0.2) is 30.3 Å². The van der Waals surface area contributed by atoms with E-state index in [1.54, 1.807) is 6.92 Å². The van der Waals surface area contributed by atoms with Gasteiger partial charge in [0.1, 0.15) is 6.54 Å². The summed E-state index contributed by atoms with van der Waals surface area (Å²) in [5.41, 5.74) is 0.699. The molecule has 6 nitrogen and oxygen atoms in total. The standard InChI is InChI=1S/C18H26N2O4/c1-4-23-18(22)13-20(16-8-6-5-7-9-16)17(21)12-19-10-14(2)24-15(3)11-19/h5-9,14-15H,4,10-13H2,1-3H3. The lowest BCUT2D eigenvalue weighted by molar-refractivity contribution is -0.142. The smallest absolute Gasteiger partial charge is 0.326 e. The van der Waals surface area contributed by atoms with E-state index in [-0.39, 0.29) is 31.2 Å². The normalized spacial score (nSPS) is 21.3. The largest absolute Gasteiger partial charge is 0.465 e. The topological polar surface area (TPSA) is 59.1 Å². The summed E-state index contributed by atoms with van der Waals surface area (Å²) >= 11 is 0. The average molecular weight is 334 g/mol. The van der Waals surface area contributed by atoms with E-state index in [1.807, 2.05) is 44.2 Å². The molecule has 0 bridgehead atoms. The van der Waals surface area contributed by atoms with E-state index in [1.165, 1.54) is 4.90 Å². The third-order valence-corrected chi connectivity index (χ3v) is 3.82. The van der Waals surface area contributed by atoms with Crippen LogP contribution in [0.25, 0.3) is 0 Å². The first-order chi connectivity index (χ1) is 11.5. The highest BCUT2D eigenvalue weighted by atomic mass is 16.5. The average Bonchev–Trinajstić information content (AvgIpc) is 2.52. The summed E-state index contributed by atoms with van der Waals surface area (Å²) in [5.74, 6) is -0.519. The van der Waals surface area contributed by atoms with Gasteiger partial charge in [-0.1, -0.05) is 18.2 Å². The number of esters is 1. The molecular weight excluding hydrogens is 308 g/mol. The highest BCUT2D eigenvalue weighted by molar-refractivity contribution is 5.98. The highest BCUT2D eigenvalue weighted by Crippen LogP contribution is 2.16. The van der Waals surface area contributed by atoms with E-state index in [4.69, 9.17) is 9.47 Å². The van der Waals surface area contributed by atoms with E-state index < -0.39 is 5.97 Å². The summed E-state index contributed by atoms with van der Waals surface area (Å²) in [6.45, 7) is 7.65. The molecule has 1 aromatic rings. The molecule has 1 fully saturated rings. The maximum atomic E-state index is 12.8. The fourth-order valence-corrected chi connectivity index (χ4v) is 2.96. The van der Waals surface area contributed by atoms with Gasteiger partial charge in [0.15, 0.2) is 0 Å². The van der Waals surface area contributed by atoms with Crippen molar-refractivity contribution in [1.29, 1.82) is 0 Å². The Morgan fingerprint density at radius 2 is 1.83 bits per heavy atom. The second kappa shape index (κ2) is 8.80. The lowest BCUT2D eigenvalue weighted by atomic mass is 10.2. The van der Waals surface area contributed by atoms with Gasteiger partial charge >= 0.3 is 5.97 Å². The Kier molecular flexibility index (Phi) is 6.75. The quantitative estimate of drug-likeness (QED) is 0.741. The Hall–Kier alpha value is -1.92. The van der Waals surface area contributed by atoms with Gasteiger partial charge < -0.3 is 14.4 Å². The molecular formula is C18H26N2O4. The van der Waals surface area contributed by atoms with Crippen LogP contribution in [0.4, 0.5) is 5.69 Å². The third-order valence-electron chi connectivity index (χ3n) is 3.82. The number of carbonyl (C=O) groups is 2. The summed E-state index contributed by atoms with van der Waals surface area (Å²) in [7, 11) is 0. The monoisotopic (exact) mass is 334 g/mol. The molecule has 0 aliphatic carbocycles. The molecule has 0 saturated carbocycles. The van der Waals surface area contributed by atoms with Gasteiger partial charge in [-0.25, -0.2) is 0 Å². The van der Waals surface area contributed by atoms with Crippen molar-refractivity contribution in [3.63, 3.8) is 0 Å². The summed E-state index contributed by atoms with van der Waals surface area (Å²) in [6.07, 6.45) is 0.188. The van der Waals surface area contributed by atoms with Gasteiger partial charge in [0.2, 0.25) is 5.91 Å². The first-order valence-corrected chi connectivity index (χ1v) is 8.38. The zero-order valence-corrected chi connectivity index (χ0v) is 14.6. The molecule has 1 aliphatic rings. The number of hydrogen-bond donors (Lipinski definition) is 0. The number of carbonyl (C=O) groups excluding carboxylic acids is 2. The van der Waals surface area contributed by atoms with Crippen LogP contribution in [0.3, 0.4) is 0 Å². The lowest BCUT2D eigenvalue weighted by Crippen LogP contribution is -2.50. The number of ether oxygens (including phenoxy) is 2. The second-order valence-electron chi connectivity index (χ2n) is 6.07. The van der Waals surface area contributed by atoms with Crippen LogP contribution in [0.5, 0.6) is 0 Å². The molecule has 1 saturated heterocycles. The van der Waals surface area contributed by atoms with Crippen LogP contribution in [0.1, 0.15) is 20.8 Å². The number of para-hydroxylation sites is 1. The first-order valence-electron chi connectivity index (χ1n) is 8.38. The Morgan fingerprint density at radius 3 is 2.42 bits per heavy atom. The summed E-state index contributed by atoms with van der Waals surface area (Å²) in [4.78, 5) is 28.2. The summed E-state index contributed by atoms with van der Waals surface area (Å²) in [6, 6.07) is 9.21. The molecule has 24 heavy (non-hydrogen) atoms. The zero-order chi connectivity index (χ0) is 17.5. The van der Waals surface area contributed by atoms with Crippen LogP contribution >= 0.6 is 0 Å². The van der Waals surface area contributed by atoms with Gasteiger partial charge in [-0.3, -0.25) is 14.5 Å². The van der Waals surface area contributed by atoms with Gasteiger partial charge in [-0.15, -0.1) is 0 Å². The minimum Gasteiger partial charge on any atom is -0.465 e. The Bertz CT molecular complexity index is 539. The van der Waals surface area contributed by atoms with Gasteiger partial charge in [0, 0.05) is 18.8 Å². The maximum absolute atomic E-state index is 12.8. The fourth-order valence-electron chi connectivity index (χ4n) is 2.96. The fraction of sp³-hybridized carbons (Fsp3) is 0.556. The lowest BCUT2D eigenvalue weighted by Gasteiger charge is -2.35. The molecule has 1 amide bonds. The molecule has 0 aromatic heterocycles. The molecule has 0 N–H and O–H groups in total. The summed E-state index contributed by atoms with van der Waals surface area (Å²) in [5, 5.41) is 0. The molecule has 0 radical (unpaired) electrons. The van der Waals surface area contributed by atoms with Crippen molar-refractivity contribution >= 4 is 17.6 Å². The molecule has 2 unspecified atom stereocenters. The molecule has 1 heterocycles. The number of rotatable bonds is 6. The zero-order valence-electron chi connectivity index (χ0n) is 14.6. The van der Waals surface area contributed by atoms with Gasteiger partial charge in [-0.05, 0) is 32.9 Å². The second-order valence-corrected chi connectivity index (χ2v) is 6.07. The van der Waals surface area contributed by atoms with E-state index in [9.17, 15) is 9.59 Å². The molecule has 1 aromatic carbocycles. The number of anilines is 1. The summed E-state index contributed by atoms with van der Waals surface area (Å²) < 4.78 is 10.7. The van der Waals surface area contributed by atoms with Crippen molar-refractivity contribution in [2.45, 2.75) is 33.0 Å². The molecule has 2 atom stereocenters. The SMILES string of the molecule is CCOC(=O)CN(C(=O)CN1CC(C)OC(C)C1)c1ccccc1. The predicted octanol–water partition coefficient (Wildman–Crippen LogP) is 1.69. The first kappa shape index (κ1) is 18.4. The van der Waals surface area contributed by atoms with Gasteiger partial charge in [0.25, 0.3) is 0 Å². The van der Waals surface area contributed by atoms with E-state index in [0.717, 1.165) is 0 Å². The number of hydrogen-bond acceptors (Lipinski definition) is 5. The number of benzene rings is 1. The van der Waals surface area contributed by atoms with E-state index in [0.29, 0.717) is 25.4 Å².